The molecule has 3 heterocycles. The average molecular weight is 685 g/mol. The summed E-state index contributed by atoms with van der Waals surface area (Å²) in [7, 11) is 0. The number of nitrogens with one attached hydrogen (secondary N) is 2. The second-order valence-corrected chi connectivity index (χ2v) is 12.5. The van der Waals surface area contributed by atoms with Crippen LogP contribution in [-0.2, 0) is 23.9 Å². The smallest absolute Gasteiger partial charge is 0.409 e. The van der Waals surface area contributed by atoms with Gasteiger partial charge in [0.15, 0.2) is 6.61 Å². The molecule has 0 spiro atoms. The molecule has 2 atom stereocenters. The Kier molecular flexibility index (Phi) is 11.1. The Hall–Kier alpha value is -5.02. The van der Waals surface area contributed by atoms with E-state index in [1.165, 1.54) is 26.8 Å². The predicted molar refractivity (Wildman–Crippen MR) is 171 cm³/mol. The molecule has 16 heteroatoms. The Morgan fingerprint density at radius 3 is 2.37 bits per heavy atom. The number of nitrogens with zero attached hydrogens (tertiary/aromatic N) is 4. The third-order valence-corrected chi connectivity index (χ3v) is 8.98. The molecular formula is C33H41FN6O9. The highest BCUT2D eigenvalue weighted by Crippen LogP contribution is 2.30. The number of carbonyl (C=O) groups is 6. The van der Waals surface area contributed by atoms with E-state index in [4.69, 9.17) is 9.47 Å². The molecule has 15 nitrogen and oxygen atoms in total. The number of carboxylic acid groups (broad SMARTS) is 1. The third kappa shape index (κ3) is 8.35. The number of likely N-dealkylation sites (tertiary alicyclic amines) is 1. The normalized spacial score (nSPS) is 18.4. The summed E-state index contributed by atoms with van der Waals surface area (Å²) in [5.41, 5.74) is 0.243. The lowest BCUT2D eigenvalue weighted by molar-refractivity contribution is -0.143. The van der Waals surface area contributed by atoms with Gasteiger partial charge in [0.05, 0.1) is 23.9 Å². The minimum absolute atomic E-state index is 0.0442. The van der Waals surface area contributed by atoms with Crippen LogP contribution < -0.4 is 15.4 Å². The lowest BCUT2D eigenvalue weighted by Crippen LogP contribution is -2.56. The van der Waals surface area contributed by atoms with Crippen molar-refractivity contribution in [1.82, 2.24) is 30.3 Å². The molecule has 5 rings (SSSR count). The Bertz CT molecular complexity index is 1630. The summed E-state index contributed by atoms with van der Waals surface area (Å²) < 4.78 is 26.1. The van der Waals surface area contributed by atoms with E-state index < -0.39 is 60.7 Å². The number of carboxylic acids is 1. The summed E-state index contributed by atoms with van der Waals surface area (Å²) >= 11 is 0. The third-order valence-electron chi connectivity index (χ3n) is 8.98. The van der Waals surface area contributed by atoms with Crippen LogP contribution in [0.2, 0.25) is 0 Å². The van der Waals surface area contributed by atoms with Gasteiger partial charge in [-0.05, 0) is 63.6 Å². The summed E-state index contributed by atoms with van der Waals surface area (Å²) in [6.07, 6.45) is 2.77. The van der Waals surface area contributed by atoms with E-state index in [1.807, 2.05) is 0 Å². The molecule has 2 aromatic rings. The van der Waals surface area contributed by atoms with E-state index in [0.717, 1.165) is 25.3 Å². The van der Waals surface area contributed by atoms with Crippen LogP contribution in [0.5, 0.6) is 5.75 Å². The Morgan fingerprint density at radius 1 is 1.00 bits per heavy atom. The molecule has 2 aliphatic heterocycles. The molecule has 49 heavy (non-hydrogen) atoms. The van der Waals surface area contributed by atoms with Crippen LogP contribution in [0.3, 0.4) is 0 Å². The second-order valence-electron chi connectivity index (χ2n) is 12.5. The van der Waals surface area contributed by atoms with Gasteiger partial charge in [-0.15, -0.1) is 0 Å². The van der Waals surface area contributed by atoms with E-state index >= 15 is 4.39 Å². The number of hydrogen-bond donors (Lipinski definition) is 3. The van der Waals surface area contributed by atoms with Gasteiger partial charge in [-0.1, -0.05) is 0 Å². The van der Waals surface area contributed by atoms with E-state index in [-0.39, 0.29) is 67.1 Å². The van der Waals surface area contributed by atoms with Crippen molar-refractivity contribution in [3.05, 3.63) is 35.3 Å². The zero-order chi connectivity index (χ0) is 35.2. The van der Waals surface area contributed by atoms with Crippen LogP contribution in [0.4, 0.5) is 9.18 Å². The number of aliphatic carboxylic acids is 1. The number of amides is 5. The van der Waals surface area contributed by atoms with Crippen molar-refractivity contribution in [1.29, 1.82) is 0 Å². The van der Waals surface area contributed by atoms with Crippen LogP contribution in [-0.4, -0.2) is 125 Å². The standard InChI is InChI=1S/C33H41FN6O9/c1-3-48-33(47)39-12-10-38(11-13-39)32(46)24(17-28(42)43)37-30(44)23-16-26(29-21(34)14-19(2)15-22(29)36-23)49-18-27(41)40-9-5-8-25(40)31(45)35-20-6-4-7-20/h14-16,20,24-25H,3-13,17-18H2,1-2H3,(H,35,45)(H,37,44)(H,42,43)/t24-,25-/m0/s1. The molecule has 2 saturated heterocycles. The molecule has 3 N–H and O–H groups in total. The highest BCUT2D eigenvalue weighted by Gasteiger charge is 2.36. The fourth-order valence-electron chi connectivity index (χ4n) is 6.21. The second kappa shape index (κ2) is 15.5. The minimum Gasteiger partial charge on any atom is -0.483 e. The van der Waals surface area contributed by atoms with Crippen molar-refractivity contribution in [2.45, 2.75) is 70.5 Å². The van der Waals surface area contributed by atoms with Crippen LogP contribution in [0.15, 0.2) is 18.2 Å². The quantitative estimate of drug-likeness (QED) is 0.314. The van der Waals surface area contributed by atoms with E-state index in [2.05, 4.69) is 15.6 Å². The maximum Gasteiger partial charge on any atom is 0.409 e. The number of fused-ring (bicyclic) bond motifs is 1. The van der Waals surface area contributed by atoms with Crippen LogP contribution in [0.1, 0.15) is 61.5 Å². The molecule has 5 amide bonds. The van der Waals surface area contributed by atoms with Gasteiger partial charge in [-0.2, -0.15) is 0 Å². The molecule has 1 aliphatic carbocycles. The number of ether oxygens (including phenoxy) is 2. The largest absolute Gasteiger partial charge is 0.483 e. The first-order valence-electron chi connectivity index (χ1n) is 16.5. The SMILES string of the molecule is CCOC(=O)N1CCN(C(=O)[C@H](CC(=O)O)NC(=O)c2cc(OCC(=O)N3CCC[C@H]3C(=O)NC3CCC3)c3c(F)cc(C)cc3n2)CC1. The molecule has 1 aromatic carbocycles. The molecule has 3 fully saturated rings. The van der Waals surface area contributed by atoms with Gasteiger partial charge < -0.3 is 39.9 Å². The van der Waals surface area contributed by atoms with Crippen molar-refractivity contribution in [3.63, 3.8) is 0 Å². The van der Waals surface area contributed by atoms with E-state index in [1.54, 1.807) is 13.8 Å². The van der Waals surface area contributed by atoms with Gasteiger partial charge in [-0.25, -0.2) is 14.2 Å². The number of benzene rings is 1. The molecule has 1 aromatic heterocycles. The number of piperazine rings is 1. The number of aryl methyl sites for hydroxylation is 1. The molecule has 0 radical (unpaired) electrons. The fourth-order valence-corrected chi connectivity index (χ4v) is 6.21. The maximum atomic E-state index is 15.3. The fraction of sp³-hybridized carbons (Fsp3) is 0.545. The Morgan fingerprint density at radius 2 is 1.71 bits per heavy atom. The van der Waals surface area contributed by atoms with Gasteiger partial charge in [0.2, 0.25) is 11.8 Å². The van der Waals surface area contributed by atoms with Crippen LogP contribution in [0.25, 0.3) is 10.9 Å². The van der Waals surface area contributed by atoms with Gasteiger partial charge in [0.25, 0.3) is 11.8 Å². The zero-order valence-electron chi connectivity index (χ0n) is 27.5. The average Bonchev–Trinajstić information content (AvgIpc) is 3.54. The lowest BCUT2D eigenvalue weighted by atomic mass is 9.93. The Labute approximate surface area is 282 Å². The van der Waals surface area contributed by atoms with Gasteiger partial charge in [0.1, 0.15) is 29.3 Å². The summed E-state index contributed by atoms with van der Waals surface area (Å²) in [4.78, 5) is 85.2. The van der Waals surface area contributed by atoms with Crippen LogP contribution >= 0.6 is 0 Å². The summed E-state index contributed by atoms with van der Waals surface area (Å²) in [6, 6.07) is 1.91. The molecule has 3 aliphatic rings. The van der Waals surface area contributed by atoms with E-state index in [0.29, 0.717) is 24.9 Å². The zero-order valence-corrected chi connectivity index (χ0v) is 27.5. The van der Waals surface area contributed by atoms with Crippen LogP contribution in [0, 0.1) is 12.7 Å². The molecule has 1 saturated carbocycles. The van der Waals surface area contributed by atoms with Crippen molar-refractivity contribution < 1.29 is 47.7 Å². The number of pyridine rings is 1. The minimum atomic E-state index is -1.48. The maximum absolute atomic E-state index is 15.3. The van der Waals surface area contributed by atoms with Crippen molar-refractivity contribution in [3.8, 4) is 5.75 Å². The molecule has 264 valence electrons. The summed E-state index contributed by atoms with van der Waals surface area (Å²) in [5.74, 6) is -4.47. The van der Waals surface area contributed by atoms with Gasteiger partial charge >= 0.3 is 12.1 Å². The lowest BCUT2D eigenvalue weighted by Gasteiger charge is -2.35. The van der Waals surface area contributed by atoms with Crippen molar-refractivity contribution >= 4 is 46.6 Å². The van der Waals surface area contributed by atoms with Crippen molar-refractivity contribution in [2.75, 3.05) is 45.9 Å². The predicted octanol–water partition coefficient (Wildman–Crippen LogP) is 1.59. The molecule has 0 unspecified atom stereocenters. The topological polar surface area (TPSA) is 188 Å². The van der Waals surface area contributed by atoms with E-state index in [9.17, 15) is 33.9 Å². The van der Waals surface area contributed by atoms with Gasteiger partial charge in [0, 0.05) is 44.8 Å². The number of rotatable bonds is 11. The Balaban J connectivity index is 1.32. The first kappa shape index (κ1) is 35.3. The first-order chi connectivity index (χ1) is 23.4. The molecular weight excluding hydrogens is 643 g/mol. The number of carbonyl (C=O) groups excluding carboxylic acids is 5. The summed E-state index contributed by atoms with van der Waals surface area (Å²) in [5, 5.41) is 14.9. The monoisotopic (exact) mass is 684 g/mol. The number of halogens is 1. The number of hydrogen-bond acceptors (Lipinski definition) is 9. The van der Waals surface area contributed by atoms with Gasteiger partial charge in [-0.3, -0.25) is 24.0 Å². The summed E-state index contributed by atoms with van der Waals surface area (Å²) in [6.45, 7) is 3.85. The highest BCUT2D eigenvalue weighted by molar-refractivity contribution is 6.00. The van der Waals surface area contributed by atoms with Crippen molar-refractivity contribution in [2.24, 2.45) is 0 Å². The highest BCUT2D eigenvalue weighted by atomic mass is 19.1. The molecule has 0 bridgehead atoms. The first-order valence-corrected chi connectivity index (χ1v) is 16.5. The number of aromatic nitrogens is 1.